The summed E-state index contributed by atoms with van der Waals surface area (Å²) in [5.74, 6) is -3.41. The Balaban J connectivity index is 1.15. The maximum absolute atomic E-state index is 16.1. The molecule has 1 saturated carbocycles. The van der Waals surface area contributed by atoms with Crippen LogP contribution in [0.3, 0.4) is 0 Å². The number of piperazine rings is 1. The molecular formula is C41H45F2N3O8. The summed E-state index contributed by atoms with van der Waals surface area (Å²) in [4.78, 5) is 56.0. The molecule has 0 N–H and O–H groups in total. The van der Waals surface area contributed by atoms with Crippen LogP contribution >= 0.6 is 0 Å². The molecule has 2 aliphatic rings. The minimum absolute atomic E-state index is 0.0411. The van der Waals surface area contributed by atoms with Crippen molar-refractivity contribution in [2.75, 3.05) is 44.9 Å². The molecule has 286 valence electrons. The van der Waals surface area contributed by atoms with Gasteiger partial charge in [0, 0.05) is 43.5 Å². The van der Waals surface area contributed by atoms with Gasteiger partial charge in [-0.3, -0.25) is 9.59 Å². The fourth-order valence-electron chi connectivity index (χ4n) is 6.74. The van der Waals surface area contributed by atoms with Crippen LogP contribution in [-0.4, -0.2) is 79.1 Å². The van der Waals surface area contributed by atoms with Crippen molar-refractivity contribution in [3.8, 4) is 16.9 Å². The van der Waals surface area contributed by atoms with Crippen molar-refractivity contribution in [3.63, 3.8) is 0 Å². The average molecular weight is 746 g/mol. The van der Waals surface area contributed by atoms with E-state index in [0.29, 0.717) is 28.8 Å². The van der Waals surface area contributed by atoms with E-state index in [1.54, 1.807) is 66.3 Å². The molecule has 0 radical (unpaired) electrons. The monoisotopic (exact) mass is 745 g/mol. The van der Waals surface area contributed by atoms with E-state index in [0.717, 1.165) is 18.9 Å². The van der Waals surface area contributed by atoms with E-state index in [2.05, 4.69) is 0 Å². The van der Waals surface area contributed by atoms with E-state index in [1.807, 2.05) is 25.1 Å². The minimum atomic E-state index is -0.950. The Morgan fingerprint density at radius 3 is 2.28 bits per heavy atom. The highest BCUT2D eigenvalue weighted by Gasteiger charge is 2.36. The zero-order valence-electron chi connectivity index (χ0n) is 31.3. The molecule has 2 atom stereocenters. The zero-order chi connectivity index (χ0) is 38.9. The molecule has 54 heavy (non-hydrogen) atoms. The number of aromatic nitrogens is 1. The number of amides is 1. The van der Waals surface area contributed by atoms with Crippen LogP contribution in [0.5, 0.6) is 5.75 Å². The molecule has 2 fully saturated rings. The molecule has 1 aliphatic carbocycles. The first-order chi connectivity index (χ1) is 25.7. The van der Waals surface area contributed by atoms with Crippen LogP contribution in [0.2, 0.25) is 0 Å². The Morgan fingerprint density at radius 1 is 0.944 bits per heavy atom. The summed E-state index contributed by atoms with van der Waals surface area (Å²) in [5.41, 5.74) is 0.381. The molecule has 11 nitrogen and oxygen atoms in total. The molecule has 0 bridgehead atoms. The number of carbonyl (C=O) groups excluding carboxylic acids is 3. The van der Waals surface area contributed by atoms with E-state index in [1.165, 1.54) is 19.4 Å². The minimum Gasteiger partial charge on any atom is -0.492 e. The lowest BCUT2D eigenvalue weighted by molar-refractivity contribution is -0.146. The highest BCUT2D eigenvalue weighted by Crippen LogP contribution is 2.44. The fourth-order valence-corrected chi connectivity index (χ4v) is 6.74. The van der Waals surface area contributed by atoms with Gasteiger partial charge in [0.05, 0.1) is 23.9 Å². The number of halogens is 2. The molecule has 6 rings (SSSR count). The number of carbonyl (C=O) groups is 3. The maximum atomic E-state index is 16.1. The molecule has 1 aliphatic heterocycles. The summed E-state index contributed by atoms with van der Waals surface area (Å²) >= 11 is 0. The number of methoxy groups -OCH3 is 1. The lowest BCUT2D eigenvalue weighted by Crippen LogP contribution is -2.55. The van der Waals surface area contributed by atoms with Crippen molar-refractivity contribution in [2.45, 2.75) is 71.1 Å². The lowest BCUT2D eigenvalue weighted by atomic mass is 9.97. The second kappa shape index (κ2) is 15.5. The Hall–Kier alpha value is -5.46. The van der Waals surface area contributed by atoms with Crippen LogP contribution < -0.4 is 15.1 Å². The van der Waals surface area contributed by atoms with Gasteiger partial charge in [0.25, 0.3) is 0 Å². The van der Waals surface area contributed by atoms with E-state index >= 15 is 4.39 Å². The summed E-state index contributed by atoms with van der Waals surface area (Å²) in [7, 11) is 1.40. The van der Waals surface area contributed by atoms with Crippen molar-refractivity contribution in [1.82, 2.24) is 9.47 Å². The van der Waals surface area contributed by atoms with Gasteiger partial charge in [0.1, 0.15) is 35.9 Å². The number of rotatable bonds is 10. The van der Waals surface area contributed by atoms with Gasteiger partial charge in [-0.25, -0.2) is 18.4 Å². The highest BCUT2D eigenvalue weighted by molar-refractivity contribution is 5.98. The molecule has 0 spiro atoms. The second-order valence-electron chi connectivity index (χ2n) is 14.7. The molecule has 1 saturated heterocycles. The number of ether oxygens (including phenoxy) is 4. The number of esters is 2. The van der Waals surface area contributed by atoms with Crippen molar-refractivity contribution in [2.24, 2.45) is 0 Å². The first-order valence-electron chi connectivity index (χ1n) is 18.1. The van der Waals surface area contributed by atoms with Gasteiger partial charge in [-0.15, -0.1) is 0 Å². The predicted octanol–water partition coefficient (Wildman–Crippen LogP) is 7.24. The Bertz CT molecular complexity index is 2130. The van der Waals surface area contributed by atoms with Crippen LogP contribution in [0.25, 0.3) is 22.0 Å². The third-order valence-corrected chi connectivity index (χ3v) is 9.63. The third kappa shape index (κ3) is 8.04. The van der Waals surface area contributed by atoms with Gasteiger partial charge in [0.2, 0.25) is 5.43 Å². The van der Waals surface area contributed by atoms with Crippen molar-refractivity contribution >= 4 is 34.6 Å². The van der Waals surface area contributed by atoms with Crippen LogP contribution in [0.15, 0.2) is 65.6 Å². The summed E-state index contributed by atoms with van der Waals surface area (Å²) in [6.45, 7) is 9.05. The maximum Gasteiger partial charge on any atom is 0.410 e. The fraction of sp³-hybridized carbons (Fsp3) is 0.415. The number of benzene rings is 3. The van der Waals surface area contributed by atoms with Crippen LogP contribution in [0.1, 0.15) is 75.3 Å². The Labute approximate surface area is 312 Å². The number of nitrogens with zero attached hydrogens (tertiary/aromatic N) is 3. The van der Waals surface area contributed by atoms with Crippen molar-refractivity contribution < 1.29 is 42.1 Å². The molecule has 2 unspecified atom stereocenters. The largest absolute Gasteiger partial charge is 0.492 e. The topological polar surface area (TPSA) is 117 Å². The molecule has 3 aromatic carbocycles. The SMILES string of the molecule is COc1c(N2CCN(C(=O)OC(C)(C)C)C(C)C2)c(F)cc2c(=O)c(C(=O)OCCOC(=O)C(C)c3ccc(-c4ccccc4)c(F)c3)cn(C3CC3)c12. The quantitative estimate of drug-likeness (QED) is 0.0941. The van der Waals surface area contributed by atoms with E-state index in [4.69, 9.17) is 18.9 Å². The normalized spacial score (nSPS) is 16.6. The molecule has 2 heterocycles. The molecular weight excluding hydrogens is 700 g/mol. The number of fused-ring (bicyclic) bond motifs is 1. The standard InChI is InChI=1S/C41H45F2N3O8/c1-24-22-44(16-17-45(24)40(50)54-41(3,4)5)35-33(43)21-30-34(37(35)51-6)46(28-13-14-28)23-31(36(30)47)39(49)53-19-18-52-38(48)25(2)27-12-15-29(32(42)20-27)26-10-8-7-9-11-26/h7-12,15,20-21,23-25,28H,13-14,16-19,22H2,1-6H3. The van der Waals surface area contributed by atoms with Gasteiger partial charge in [-0.05, 0) is 70.7 Å². The smallest absolute Gasteiger partial charge is 0.410 e. The highest BCUT2D eigenvalue weighted by atomic mass is 19.1. The first-order valence-corrected chi connectivity index (χ1v) is 18.1. The first kappa shape index (κ1) is 38.3. The van der Waals surface area contributed by atoms with Crippen molar-refractivity contribution in [3.05, 3.63) is 93.8 Å². The summed E-state index contributed by atoms with van der Waals surface area (Å²) in [6, 6.07) is 14.4. The summed E-state index contributed by atoms with van der Waals surface area (Å²) < 4.78 is 54.8. The number of hydrogen-bond acceptors (Lipinski definition) is 9. The van der Waals surface area contributed by atoms with Gasteiger partial charge < -0.3 is 33.3 Å². The van der Waals surface area contributed by atoms with E-state index < -0.39 is 46.6 Å². The van der Waals surface area contributed by atoms with Crippen molar-refractivity contribution in [1.29, 1.82) is 0 Å². The Kier molecular flexibility index (Phi) is 11.0. The van der Waals surface area contributed by atoms with Crippen LogP contribution in [-0.2, 0) is 19.0 Å². The second-order valence-corrected chi connectivity index (χ2v) is 14.7. The van der Waals surface area contributed by atoms with Gasteiger partial charge in [-0.1, -0.05) is 42.5 Å². The number of anilines is 1. The zero-order valence-corrected chi connectivity index (χ0v) is 31.3. The Morgan fingerprint density at radius 2 is 1.65 bits per heavy atom. The van der Waals surface area contributed by atoms with Gasteiger partial charge >= 0.3 is 18.0 Å². The van der Waals surface area contributed by atoms with Gasteiger partial charge in [-0.2, -0.15) is 0 Å². The van der Waals surface area contributed by atoms with Crippen LogP contribution in [0.4, 0.5) is 19.3 Å². The van der Waals surface area contributed by atoms with E-state index in [-0.39, 0.29) is 60.8 Å². The lowest BCUT2D eigenvalue weighted by Gasteiger charge is -2.41. The molecule has 1 aromatic heterocycles. The molecule has 4 aromatic rings. The number of hydrogen-bond donors (Lipinski definition) is 0. The van der Waals surface area contributed by atoms with Crippen LogP contribution in [0, 0.1) is 11.6 Å². The predicted molar refractivity (Wildman–Crippen MR) is 199 cm³/mol. The number of pyridine rings is 1. The molecule has 1 amide bonds. The third-order valence-electron chi connectivity index (χ3n) is 9.63. The van der Waals surface area contributed by atoms with E-state index in [9.17, 15) is 23.6 Å². The van der Waals surface area contributed by atoms with Gasteiger partial charge in [0.15, 0.2) is 11.6 Å². The summed E-state index contributed by atoms with van der Waals surface area (Å²) in [6.07, 6.45) is 2.53. The average Bonchev–Trinajstić information content (AvgIpc) is 3.98. The molecule has 13 heteroatoms. The summed E-state index contributed by atoms with van der Waals surface area (Å²) in [5, 5.41) is -0.0411.